The van der Waals surface area contributed by atoms with Crippen molar-refractivity contribution < 1.29 is 48.3 Å². The normalized spacial score (nSPS) is 16.2. The highest BCUT2D eigenvalue weighted by Gasteiger charge is 2.44. The zero-order valence-corrected chi connectivity index (χ0v) is 40.1. The van der Waals surface area contributed by atoms with E-state index in [9.17, 15) is 24.6 Å². The molecule has 2 heterocycles. The van der Waals surface area contributed by atoms with Crippen molar-refractivity contribution in [1.82, 2.24) is 20.5 Å². The van der Waals surface area contributed by atoms with E-state index < -0.39 is 47.4 Å². The number of nitrogens with zero attached hydrogens (tertiary/aromatic N) is 4. The molecule has 0 aliphatic carbocycles. The smallest absolute Gasteiger partial charge is 0.246 e. The fraction of sp³-hybridized carbons (Fsp3) is 0.460. The number of amides is 3. The largest absolute Gasteiger partial charge is 0.491 e. The predicted molar refractivity (Wildman–Crippen MR) is 259 cm³/mol. The Balaban J connectivity index is 0.915. The minimum atomic E-state index is -0.993. The minimum absolute atomic E-state index is 0.0470. The second kappa shape index (κ2) is 25.5. The van der Waals surface area contributed by atoms with Crippen LogP contribution in [0.15, 0.2) is 84.4 Å². The van der Waals surface area contributed by atoms with Crippen LogP contribution in [0.25, 0.3) is 27.1 Å². The summed E-state index contributed by atoms with van der Waals surface area (Å²) in [5.41, 5.74) is 5.23. The maximum absolute atomic E-state index is 13.9. The summed E-state index contributed by atoms with van der Waals surface area (Å²) in [5, 5.41) is 36.6. The van der Waals surface area contributed by atoms with Gasteiger partial charge in [-0.2, -0.15) is 5.26 Å². The second-order valence-electron chi connectivity index (χ2n) is 17.6. The predicted octanol–water partition coefficient (Wildman–Crippen LogP) is 4.77. The maximum Gasteiger partial charge on any atom is 0.246 e. The lowest BCUT2D eigenvalue weighted by Crippen LogP contribution is -2.58. The van der Waals surface area contributed by atoms with Crippen LogP contribution in [0.4, 0.5) is 5.69 Å². The molecule has 3 amide bonds. The molecule has 4 aromatic rings. The molecule has 1 fully saturated rings. The molecule has 4 atom stereocenters. The highest BCUT2D eigenvalue weighted by molar-refractivity contribution is 7.90. The fourth-order valence-corrected chi connectivity index (χ4v) is 7.35. The van der Waals surface area contributed by atoms with E-state index in [-0.39, 0.29) is 59.2 Å². The number of benzene rings is 3. The van der Waals surface area contributed by atoms with Crippen molar-refractivity contribution in [3.05, 3.63) is 95.6 Å². The number of aliphatic hydroxyl groups is 2. The summed E-state index contributed by atoms with van der Waals surface area (Å²) in [7, 11) is 4.01. The Morgan fingerprint density at radius 3 is 2.21 bits per heavy atom. The molecule has 67 heavy (non-hydrogen) atoms. The topological polar surface area (TPSA) is 205 Å². The van der Waals surface area contributed by atoms with Gasteiger partial charge in [0, 0.05) is 60.7 Å². The van der Waals surface area contributed by atoms with Gasteiger partial charge in [0.05, 0.1) is 69.6 Å². The van der Waals surface area contributed by atoms with Crippen LogP contribution in [0, 0.1) is 16.7 Å². The van der Waals surface area contributed by atoms with Gasteiger partial charge in [0.25, 0.3) is 0 Å². The molecule has 5 rings (SSSR count). The number of rotatable bonds is 24. The van der Waals surface area contributed by atoms with Crippen molar-refractivity contribution in [3.8, 4) is 23.1 Å². The van der Waals surface area contributed by atoms with Gasteiger partial charge in [0.2, 0.25) is 17.7 Å². The number of β-amino-alcohol motifs (C(OH)–C–C–N with tert-alkyl or cyclic N) is 1. The first-order valence-corrected chi connectivity index (χ1v) is 22.7. The van der Waals surface area contributed by atoms with Crippen LogP contribution in [0.1, 0.15) is 45.2 Å². The zero-order chi connectivity index (χ0) is 48.5. The van der Waals surface area contributed by atoms with Crippen LogP contribution < -0.4 is 20.3 Å². The van der Waals surface area contributed by atoms with Crippen molar-refractivity contribution in [2.24, 2.45) is 5.41 Å². The lowest BCUT2D eigenvalue weighted by atomic mass is 9.85. The highest BCUT2D eigenvalue weighted by atomic mass is 32.1. The number of likely N-dealkylation sites (tertiary alicyclic amines) is 1. The van der Waals surface area contributed by atoms with E-state index in [1.165, 1.54) is 4.90 Å². The van der Waals surface area contributed by atoms with Gasteiger partial charge in [-0.25, -0.2) is 4.98 Å². The van der Waals surface area contributed by atoms with E-state index >= 15 is 0 Å². The van der Waals surface area contributed by atoms with Crippen LogP contribution >= 0.6 is 12.6 Å². The first-order chi connectivity index (χ1) is 32.0. The Kier molecular flexibility index (Phi) is 20.0. The summed E-state index contributed by atoms with van der Waals surface area (Å²) in [4.78, 5) is 48.9. The number of hydrogen-bond acceptors (Lipinski definition) is 14. The van der Waals surface area contributed by atoms with Crippen LogP contribution in [-0.4, -0.2) is 142 Å². The SMILES string of the molecule is C/C(C#N)=C(/S)c1ccc(CNC(=O)[C@@H]2C[C@@H](O)CN2C(=O)[C@@H](NC(=O)COCCOCCOCCOCC(O)COc2ccc3nc(-c4ccc(N(C)C)cc4)ccc3c2)C(C)(C)C)cc1. The molecule has 17 heteroatoms. The number of thiol groups is 1. The number of carbonyl (C=O) groups excluding carboxylic acids is 3. The van der Waals surface area contributed by atoms with Gasteiger partial charge in [0.1, 0.15) is 37.2 Å². The molecular weight excluding hydrogens is 877 g/mol. The molecule has 1 saturated heterocycles. The quantitative estimate of drug-likeness (QED) is 0.0366. The van der Waals surface area contributed by atoms with Crippen molar-refractivity contribution in [3.63, 3.8) is 0 Å². The Labute approximate surface area is 398 Å². The number of aliphatic hydroxyl groups excluding tert-OH is 2. The molecular formula is C50H64N6O10S. The van der Waals surface area contributed by atoms with Gasteiger partial charge >= 0.3 is 0 Å². The molecule has 360 valence electrons. The number of fused-ring (bicyclic) bond motifs is 1. The molecule has 1 unspecified atom stereocenters. The van der Waals surface area contributed by atoms with E-state index in [1.807, 2.05) is 68.7 Å². The first kappa shape index (κ1) is 52.4. The second-order valence-corrected chi connectivity index (χ2v) is 18.0. The molecule has 1 aromatic heterocycles. The van der Waals surface area contributed by atoms with Crippen molar-refractivity contribution in [1.29, 1.82) is 5.26 Å². The lowest BCUT2D eigenvalue weighted by molar-refractivity contribution is -0.144. The average Bonchev–Trinajstić information content (AvgIpc) is 3.72. The van der Waals surface area contributed by atoms with Crippen LogP contribution in [0.3, 0.4) is 0 Å². The molecule has 0 saturated carbocycles. The first-order valence-electron chi connectivity index (χ1n) is 22.3. The summed E-state index contributed by atoms with van der Waals surface area (Å²) in [5.74, 6) is -0.783. The standard InChI is InChI=1S/C50H64N6O10S/c1-33(27-51)46(67)36-9-7-34(8-10-36)28-52-48(60)44-26-39(57)29-56(44)49(61)47(50(2,3)4)54-45(59)32-65-24-22-63-20-19-62-21-23-64-30-40(58)31-66-41-16-18-43-37(25-41)13-17-42(53-43)35-11-14-38(15-12-35)55(5)6/h7-18,25,39-40,44,47,57-58,67H,19-24,26,28-32H2,1-6H3,(H,52,60)(H,54,59)/b46-33-/t39-,40?,44+,47-/m1/s1. The van der Waals surface area contributed by atoms with Gasteiger partial charge in [-0.15, -0.1) is 12.6 Å². The van der Waals surface area contributed by atoms with Gasteiger partial charge in [-0.05, 0) is 59.9 Å². The van der Waals surface area contributed by atoms with Crippen LogP contribution in [0.2, 0.25) is 0 Å². The van der Waals surface area contributed by atoms with Gasteiger partial charge in [0.15, 0.2) is 0 Å². The number of allylic oxidation sites excluding steroid dienone is 1. The Bertz CT molecular complexity index is 2330. The average molecular weight is 941 g/mol. The number of nitriles is 1. The number of aromatic nitrogens is 1. The fourth-order valence-electron chi connectivity index (χ4n) is 7.15. The number of anilines is 1. The van der Waals surface area contributed by atoms with E-state index in [4.69, 9.17) is 33.9 Å². The summed E-state index contributed by atoms with van der Waals surface area (Å²) in [6.07, 6.45) is -1.67. The van der Waals surface area contributed by atoms with Crippen molar-refractivity contribution in [2.45, 2.75) is 65.0 Å². The van der Waals surface area contributed by atoms with E-state index in [2.05, 4.69) is 58.5 Å². The van der Waals surface area contributed by atoms with Gasteiger partial charge < -0.3 is 54.3 Å². The molecule has 1 aliphatic rings. The highest BCUT2D eigenvalue weighted by Crippen LogP contribution is 2.28. The number of ether oxygens (including phenoxy) is 5. The Morgan fingerprint density at radius 1 is 0.910 bits per heavy atom. The monoisotopic (exact) mass is 940 g/mol. The summed E-state index contributed by atoms with van der Waals surface area (Å²) in [6.45, 7) is 8.59. The summed E-state index contributed by atoms with van der Waals surface area (Å²) in [6, 6.07) is 25.3. The van der Waals surface area contributed by atoms with Crippen LogP contribution in [0.5, 0.6) is 5.75 Å². The molecule has 0 bridgehead atoms. The molecule has 0 radical (unpaired) electrons. The van der Waals surface area contributed by atoms with E-state index in [0.29, 0.717) is 36.0 Å². The third kappa shape index (κ3) is 16.0. The number of carbonyl (C=O) groups is 3. The summed E-state index contributed by atoms with van der Waals surface area (Å²) >= 11 is 4.41. The van der Waals surface area contributed by atoms with Crippen molar-refractivity contribution in [2.75, 3.05) is 85.0 Å². The third-order valence-corrected chi connectivity index (χ3v) is 11.5. The maximum atomic E-state index is 13.9. The number of pyridine rings is 1. The number of nitrogens with one attached hydrogen (secondary N) is 2. The zero-order valence-electron chi connectivity index (χ0n) is 39.2. The Morgan fingerprint density at radius 2 is 1.57 bits per heavy atom. The number of hydrogen-bond donors (Lipinski definition) is 5. The molecule has 3 aromatic carbocycles. The summed E-state index contributed by atoms with van der Waals surface area (Å²) < 4.78 is 27.9. The molecule has 4 N–H and O–H groups in total. The molecule has 0 spiro atoms. The van der Waals surface area contributed by atoms with Gasteiger partial charge in [-0.1, -0.05) is 63.2 Å². The van der Waals surface area contributed by atoms with Gasteiger partial charge in [-0.3, -0.25) is 14.4 Å². The Hall–Kier alpha value is -5.58. The van der Waals surface area contributed by atoms with Crippen LogP contribution in [-0.2, 0) is 39.9 Å². The van der Waals surface area contributed by atoms with E-state index in [0.717, 1.165) is 39.0 Å². The van der Waals surface area contributed by atoms with Crippen molar-refractivity contribution >= 4 is 51.8 Å². The third-order valence-electron chi connectivity index (χ3n) is 10.9. The minimum Gasteiger partial charge on any atom is -0.491 e. The lowest BCUT2D eigenvalue weighted by Gasteiger charge is -2.35. The van der Waals surface area contributed by atoms with E-state index in [1.54, 1.807) is 27.7 Å². The molecule has 16 nitrogen and oxygen atoms in total. The molecule has 1 aliphatic heterocycles.